The summed E-state index contributed by atoms with van der Waals surface area (Å²) >= 11 is 0. The molecule has 0 N–H and O–H groups in total. The number of aromatic nitrogens is 1. The largest absolute Gasteiger partial charge is 0.363 e. The van der Waals surface area contributed by atoms with E-state index in [1.807, 2.05) is 50.2 Å². The minimum atomic E-state index is -0.242. The van der Waals surface area contributed by atoms with Gasteiger partial charge in [0.1, 0.15) is 11.5 Å². The van der Waals surface area contributed by atoms with E-state index in [1.165, 1.54) is 4.90 Å². The van der Waals surface area contributed by atoms with Crippen LogP contribution in [-0.4, -0.2) is 59.3 Å². The fraction of sp³-hybridized carbons (Fsp3) is 0.292. The molecule has 154 valence electrons. The smallest absolute Gasteiger partial charge is 0.278 e. The molecule has 2 aliphatic rings. The van der Waals surface area contributed by atoms with E-state index in [2.05, 4.69) is 21.4 Å². The third-order valence-electron chi connectivity index (χ3n) is 5.68. The summed E-state index contributed by atoms with van der Waals surface area (Å²) in [6.45, 7) is 10.7. The molecule has 30 heavy (non-hydrogen) atoms. The second kappa shape index (κ2) is 8.14. The van der Waals surface area contributed by atoms with Crippen LogP contribution >= 0.6 is 0 Å². The highest BCUT2D eigenvalue weighted by Gasteiger charge is 2.42. The SMILES string of the molecule is C=CCN1C(=O)C(c2ccc(C)cc2C)=C(N2CCN(c3ccccn3)CC2)C1=O. The lowest BCUT2D eigenvalue weighted by Gasteiger charge is -2.37. The highest BCUT2D eigenvalue weighted by molar-refractivity contribution is 6.35. The molecule has 3 heterocycles. The van der Waals surface area contributed by atoms with Gasteiger partial charge in [0.15, 0.2) is 0 Å². The molecule has 0 spiro atoms. The minimum Gasteiger partial charge on any atom is -0.363 e. The highest BCUT2D eigenvalue weighted by atomic mass is 16.2. The average Bonchev–Trinajstić information content (AvgIpc) is 2.99. The van der Waals surface area contributed by atoms with Crippen molar-refractivity contribution >= 4 is 23.2 Å². The van der Waals surface area contributed by atoms with Crippen LogP contribution in [0.5, 0.6) is 0 Å². The number of hydrogen-bond donors (Lipinski definition) is 0. The van der Waals surface area contributed by atoms with E-state index in [1.54, 1.807) is 12.3 Å². The summed E-state index contributed by atoms with van der Waals surface area (Å²) in [4.78, 5) is 36.5. The molecular weight excluding hydrogens is 376 g/mol. The van der Waals surface area contributed by atoms with Crippen LogP contribution in [0.4, 0.5) is 5.82 Å². The van der Waals surface area contributed by atoms with Crippen molar-refractivity contribution in [3.63, 3.8) is 0 Å². The van der Waals surface area contributed by atoms with Crippen LogP contribution in [-0.2, 0) is 9.59 Å². The number of imide groups is 1. The number of carbonyl (C=O) groups excluding carboxylic acids is 2. The molecule has 4 rings (SSSR count). The van der Waals surface area contributed by atoms with E-state index in [9.17, 15) is 9.59 Å². The first-order valence-electron chi connectivity index (χ1n) is 10.2. The Hall–Kier alpha value is -3.41. The van der Waals surface area contributed by atoms with Crippen molar-refractivity contribution in [2.24, 2.45) is 0 Å². The second-order valence-electron chi connectivity index (χ2n) is 7.71. The van der Waals surface area contributed by atoms with Gasteiger partial charge in [0.25, 0.3) is 11.8 Å². The molecule has 1 aromatic heterocycles. The van der Waals surface area contributed by atoms with E-state index in [0.717, 1.165) is 35.6 Å². The van der Waals surface area contributed by atoms with E-state index in [0.29, 0.717) is 24.4 Å². The van der Waals surface area contributed by atoms with E-state index < -0.39 is 0 Å². The van der Waals surface area contributed by atoms with Gasteiger partial charge in [-0.25, -0.2) is 4.98 Å². The molecule has 2 aromatic rings. The summed E-state index contributed by atoms with van der Waals surface area (Å²) in [5.74, 6) is 0.456. The topological polar surface area (TPSA) is 56.8 Å². The van der Waals surface area contributed by atoms with E-state index >= 15 is 0 Å². The summed E-state index contributed by atoms with van der Waals surface area (Å²) in [6.07, 6.45) is 3.38. The van der Waals surface area contributed by atoms with Crippen molar-refractivity contribution in [3.05, 3.63) is 77.6 Å². The van der Waals surface area contributed by atoms with Crippen molar-refractivity contribution < 1.29 is 9.59 Å². The highest BCUT2D eigenvalue weighted by Crippen LogP contribution is 2.34. The molecule has 0 atom stereocenters. The van der Waals surface area contributed by atoms with Gasteiger partial charge in [0, 0.05) is 38.9 Å². The van der Waals surface area contributed by atoms with Gasteiger partial charge in [-0.1, -0.05) is 35.9 Å². The summed E-state index contributed by atoms with van der Waals surface area (Å²) in [6, 6.07) is 11.9. The molecule has 6 heteroatoms. The number of anilines is 1. The maximum Gasteiger partial charge on any atom is 0.278 e. The Kier molecular flexibility index (Phi) is 5.40. The summed E-state index contributed by atoms with van der Waals surface area (Å²) < 4.78 is 0. The first-order valence-corrected chi connectivity index (χ1v) is 10.2. The number of rotatable bonds is 5. The number of aryl methyl sites for hydroxylation is 2. The molecule has 2 aliphatic heterocycles. The fourth-order valence-corrected chi connectivity index (χ4v) is 4.19. The number of piperazine rings is 1. The molecule has 6 nitrogen and oxygen atoms in total. The van der Waals surface area contributed by atoms with Crippen LogP contribution in [0.25, 0.3) is 5.57 Å². The quantitative estimate of drug-likeness (QED) is 0.569. The third-order valence-corrected chi connectivity index (χ3v) is 5.68. The molecule has 1 fully saturated rings. The first-order chi connectivity index (χ1) is 14.5. The number of hydrogen-bond acceptors (Lipinski definition) is 5. The summed E-state index contributed by atoms with van der Waals surface area (Å²) in [5, 5.41) is 0. The number of pyridine rings is 1. The Labute approximate surface area is 177 Å². The fourth-order valence-electron chi connectivity index (χ4n) is 4.19. The summed E-state index contributed by atoms with van der Waals surface area (Å²) in [7, 11) is 0. The molecule has 2 amide bonds. The van der Waals surface area contributed by atoms with E-state index in [-0.39, 0.29) is 18.4 Å². The van der Waals surface area contributed by atoms with Gasteiger partial charge in [-0.3, -0.25) is 14.5 Å². The van der Waals surface area contributed by atoms with Crippen LogP contribution in [0.1, 0.15) is 16.7 Å². The van der Waals surface area contributed by atoms with Crippen LogP contribution < -0.4 is 4.90 Å². The van der Waals surface area contributed by atoms with Crippen LogP contribution in [0.15, 0.2) is 60.9 Å². The van der Waals surface area contributed by atoms with Crippen molar-refractivity contribution in [2.45, 2.75) is 13.8 Å². The van der Waals surface area contributed by atoms with Gasteiger partial charge in [0.05, 0.1) is 5.57 Å². The Morgan fingerprint density at radius 2 is 1.73 bits per heavy atom. The van der Waals surface area contributed by atoms with Crippen molar-refractivity contribution in [1.29, 1.82) is 0 Å². The van der Waals surface area contributed by atoms with Gasteiger partial charge in [0.2, 0.25) is 0 Å². The second-order valence-corrected chi connectivity index (χ2v) is 7.71. The molecule has 1 aromatic carbocycles. The Balaban J connectivity index is 1.68. The molecule has 0 unspecified atom stereocenters. The van der Waals surface area contributed by atoms with Gasteiger partial charge in [-0.2, -0.15) is 0 Å². The molecule has 1 saturated heterocycles. The molecule has 0 bridgehead atoms. The molecule has 0 radical (unpaired) electrons. The van der Waals surface area contributed by atoms with Crippen LogP contribution in [0, 0.1) is 13.8 Å². The molecule has 0 saturated carbocycles. The zero-order chi connectivity index (χ0) is 21.3. The molecule has 0 aliphatic carbocycles. The Morgan fingerprint density at radius 1 is 1.00 bits per heavy atom. The normalized spacial score (nSPS) is 17.2. The predicted molar refractivity (Wildman–Crippen MR) is 118 cm³/mol. The molecular formula is C24H26N4O2. The van der Waals surface area contributed by atoms with Crippen molar-refractivity contribution in [1.82, 2.24) is 14.8 Å². The zero-order valence-corrected chi connectivity index (χ0v) is 17.5. The standard InChI is InChI=1S/C24H26N4O2/c1-4-11-28-23(29)21(19-9-8-17(2)16-18(19)3)22(24(28)30)27-14-12-26(13-15-27)20-7-5-6-10-25-20/h4-10,16H,1,11-15H2,2-3H3. The maximum absolute atomic E-state index is 13.3. The lowest BCUT2D eigenvalue weighted by Crippen LogP contribution is -2.47. The summed E-state index contributed by atoms with van der Waals surface area (Å²) in [5.41, 5.74) is 3.96. The van der Waals surface area contributed by atoms with Crippen molar-refractivity contribution in [3.8, 4) is 0 Å². The Bertz CT molecular complexity index is 1020. The van der Waals surface area contributed by atoms with Crippen LogP contribution in [0.3, 0.4) is 0 Å². The number of benzene rings is 1. The predicted octanol–water partition coefficient (Wildman–Crippen LogP) is 2.79. The Morgan fingerprint density at radius 3 is 2.37 bits per heavy atom. The number of carbonyl (C=O) groups is 2. The first kappa shape index (κ1) is 19.9. The number of nitrogens with zero attached hydrogens (tertiary/aromatic N) is 4. The zero-order valence-electron chi connectivity index (χ0n) is 17.5. The van der Waals surface area contributed by atoms with Crippen LogP contribution in [0.2, 0.25) is 0 Å². The van der Waals surface area contributed by atoms with Gasteiger partial charge >= 0.3 is 0 Å². The maximum atomic E-state index is 13.3. The van der Waals surface area contributed by atoms with Gasteiger partial charge in [-0.15, -0.1) is 6.58 Å². The van der Waals surface area contributed by atoms with E-state index in [4.69, 9.17) is 0 Å². The lowest BCUT2D eigenvalue weighted by atomic mass is 9.97. The lowest BCUT2D eigenvalue weighted by molar-refractivity contribution is -0.136. The number of amides is 2. The van der Waals surface area contributed by atoms with Crippen molar-refractivity contribution in [2.75, 3.05) is 37.6 Å². The third kappa shape index (κ3) is 3.49. The monoisotopic (exact) mass is 402 g/mol. The van der Waals surface area contributed by atoms with Gasteiger partial charge in [-0.05, 0) is 37.1 Å². The van der Waals surface area contributed by atoms with Gasteiger partial charge < -0.3 is 9.80 Å². The minimum absolute atomic E-state index is 0.212. The average molecular weight is 402 g/mol.